The highest BCUT2D eigenvalue weighted by atomic mass is 32.2. The number of carbonyl (C=O) groups is 1. The number of aromatic hydroxyl groups is 1. The summed E-state index contributed by atoms with van der Waals surface area (Å²) < 4.78 is 30.6. The normalized spacial score (nSPS) is 11.1. The number of esters is 1. The van der Waals surface area contributed by atoms with Crippen molar-refractivity contribution in [2.75, 3.05) is 17.1 Å². The molecule has 0 aliphatic carbocycles. The number of sulfonamides is 1. The molecule has 1 aromatic carbocycles. The molecule has 0 radical (unpaired) electrons. The predicted octanol–water partition coefficient (Wildman–Crippen LogP) is 1.65. The van der Waals surface area contributed by atoms with Crippen molar-refractivity contribution in [3.63, 3.8) is 0 Å². The van der Waals surface area contributed by atoms with Crippen molar-refractivity contribution in [1.82, 2.24) is 0 Å². The SMILES string of the molecule is CCOC(=O)CCS(=O)(=O)Nc1cc(CC)ccc1O. The van der Waals surface area contributed by atoms with Crippen LogP contribution in [0.2, 0.25) is 0 Å². The monoisotopic (exact) mass is 301 g/mol. The minimum absolute atomic E-state index is 0.119. The Labute approximate surface area is 118 Å². The Morgan fingerprint density at radius 2 is 2.05 bits per heavy atom. The van der Waals surface area contributed by atoms with Crippen molar-refractivity contribution in [2.45, 2.75) is 26.7 Å². The third kappa shape index (κ3) is 5.08. The van der Waals surface area contributed by atoms with Gasteiger partial charge in [-0.25, -0.2) is 8.42 Å². The third-order valence-corrected chi connectivity index (χ3v) is 3.89. The molecule has 0 saturated heterocycles. The zero-order chi connectivity index (χ0) is 15.2. The molecule has 0 heterocycles. The summed E-state index contributed by atoms with van der Waals surface area (Å²) >= 11 is 0. The Balaban J connectivity index is 2.73. The van der Waals surface area contributed by atoms with Crippen LogP contribution < -0.4 is 4.72 Å². The van der Waals surface area contributed by atoms with Crippen molar-refractivity contribution in [2.24, 2.45) is 0 Å². The third-order valence-electron chi connectivity index (χ3n) is 2.61. The summed E-state index contributed by atoms with van der Waals surface area (Å²) in [5, 5.41) is 9.64. The Hall–Kier alpha value is -1.76. The van der Waals surface area contributed by atoms with Crippen LogP contribution in [0.1, 0.15) is 25.8 Å². The Morgan fingerprint density at radius 3 is 2.65 bits per heavy atom. The molecule has 6 nitrogen and oxygen atoms in total. The average molecular weight is 301 g/mol. The zero-order valence-electron chi connectivity index (χ0n) is 11.5. The lowest BCUT2D eigenvalue weighted by molar-refractivity contribution is -0.142. The van der Waals surface area contributed by atoms with Crippen LogP contribution in [0.5, 0.6) is 5.75 Å². The van der Waals surface area contributed by atoms with E-state index in [4.69, 9.17) is 0 Å². The van der Waals surface area contributed by atoms with E-state index in [1.54, 1.807) is 19.1 Å². The fourth-order valence-corrected chi connectivity index (χ4v) is 2.59. The maximum absolute atomic E-state index is 11.8. The molecule has 2 N–H and O–H groups in total. The molecule has 0 aliphatic rings. The van der Waals surface area contributed by atoms with E-state index >= 15 is 0 Å². The van der Waals surface area contributed by atoms with E-state index in [9.17, 15) is 18.3 Å². The van der Waals surface area contributed by atoms with Gasteiger partial charge in [-0.3, -0.25) is 9.52 Å². The van der Waals surface area contributed by atoms with E-state index in [0.717, 1.165) is 12.0 Å². The highest BCUT2D eigenvalue weighted by Crippen LogP contribution is 2.25. The number of carbonyl (C=O) groups excluding carboxylic acids is 1. The van der Waals surface area contributed by atoms with E-state index in [0.29, 0.717) is 0 Å². The summed E-state index contributed by atoms with van der Waals surface area (Å²) in [6, 6.07) is 4.71. The van der Waals surface area contributed by atoms with Gasteiger partial charge in [-0.2, -0.15) is 0 Å². The highest BCUT2D eigenvalue weighted by Gasteiger charge is 2.16. The van der Waals surface area contributed by atoms with Crippen LogP contribution in [-0.4, -0.2) is 31.9 Å². The van der Waals surface area contributed by atoms with Crippen molar-refractivity contribution >= 4 is 21.7 Å². The van der Waals surface area contributed by atoms with Crippen molar-refractivity contribution in [3.8, 4) is 5.75 Å². The molecule has 20 heavy (non-hydrogen) atoms. The Kier molecular flexibility index (Phi) is 5.82. The highest BCUT2D eigenvalue weighted by molar-refractivity contribution is 7.92. The van der Waals surface area contributed by atoms with Gasteiger partial charge in [0.1, 0.15) is 5.75 Å². The lowest BCUT2D eigenvalue weighted by Gasteiger charge is -2.10. The molecular formula is C13H19NO5S. The van der Waals surface area contributed by atoms with Gasteiger partial charge in [0.2, 0.25) is 10.0 Å². The van der Waals surface area contributed by atoms with Crippen molar-refractivity contribution in [1.29, 1.82) is 0 Å². The first-order valence-electron chi connectivity index (χ1n) is 6.36. The van der Waals surface area contributed by atoms with Crippen LogP contribution >= 0.6 is 0 Å². The Bertz CT molecular complexity index is 568. The first kappa shape index (κ1) is 16.3. The van der Waals surface area contributed by atoms with E-state index in [-0.39, 0.29) is 30.2 Å². The summed E-state index contributed by atoms with van der Waals surface area (Å²) in [5.41, 5.74) is 1.01. The summed E-state index contributed by atoms with van der Waals surface area (Å²) in [5.74, 6) is -1.10. The number of rotatable bonds is 7. The van der Waals surface area contributed by atoms with Crippen LogP contribution in [0, 0.1) is 0 Å². The number of ether oxygens (including phenoxy) is 1. The Morgan fingerprint density at radius 1 is 1.35 bits per heavy atom. The number of anilines is 1. The molecule has 0 unspecified atom stereocenters. The smallest absolute Gasteiger partial charge is 0.306 e. The van der Waals surface area contributed by atoms with Gasteiger partial charge in [0.15, 0.2) is 0 Å². The number of hydrogen-bond acceptors (Lipinski definition) is 5. The summed E-state index contributed by atoms with van der Waals surface area (Å²) in [6.45, 7) is 3.79. The number of phenolic OH excluding ortho intramolecular Hbond substituents is 1. The van der Waals surface area contributed by atoms with E-state index in [1.165, 1.54) is 6.07 Å². The molecule has 0 fully saturated rings. The van der Waals surface area contributed by atoms with Crippen molar-refractivity contribution in [3.05, 3.63) is 23.8 Å². The van der Waals surface area contributed by atoms with E-state index in [1.807, 2.05) is 6.92 Å². The molecule has 0 bridgehead atoms. The summed E-state index contributed by atoms with van der Waals surface area (Å²) in [4.78, 5) is 11.1. The zero-order valence-corrected chi connectivity index (χ0v) is 12.4. The number of hydrogen-bond donors (Lipinski definition) is 2. The minimum atomic E-state index is -3.71. The van der Waals surface area contributed by atoms with Crippen LogP contribution in [0.25, 0.3) is 0 Å². The van der Waals surface area contributed by atoms with Crippen LogP contribution in [0.4, 0.5) is 5.69 Å². The fourth-order valence-electron chi connectivity index (χ4n) is 1.55. The van der Waals surface area contributed by atoms with Gasteiger partial charge in [0.05, 0.1) is 24.5 Å². The maximum atomic E-state index is 11.8. The second-order valence-corrected chi connectivity index (χ2v) is 6.02. The van der Waals surface area contributed by atoms with Crippen LogP contribution in [0.3, 0.4) is 0 Å². The molecule has 0 saturated carbocycles. The van der Waals surface area contributed by atoms with E-state index < -0.39 is 16.0 Å². The van der Waals surface area contributed by atoms with Gasteiger partial charge < -0.3 is 9.84 Å². The lowest BCUT2D eigenvalue weighted by Crippen LogP contribution is -2.20. The first-order chi connectivity index (χ1) is 9.38. The molecule has 7 heteroatoms. The number of nitrogens with one attached hydrogen (secondary N) is 1. The van der Waals surface area contributed by atoms with Gasteiger partial charge in [-0.15, -0.1) is 0 Å². The molecule has 0 spiro atoms. The van der Waals surface area contributed by atoms with Gasteiger partial charge >= 0.3 is 5.97 Å². The lowest BCUT2D eigenvalue weighted by atomic mass is 10.1. The molecule has 1 rings (SSSR count). The molecule has 0 aromatic heterocycles. The van der Waals surface area contributed by atoms with Gasteiger partial charge in [0, 0.05) is 0 Å². The summed E-state index contributed by atoms with van der Waals surface area (Å²) in [7, 11) is -3.71. The number of benzene rings is 1. The minimum Gasteiger partial charge on any atom is -0.506 e. The average Bonchev–Trinajstić information content (AvgIpc) is 2.39. The molecule has 0 atom stereocenters. The maximum Gasteiger partial charge on any atom is 0.306 e. The molecule has 0 aliphatic heterocycles. The largest absolute Gasteiger partial charge is 0.506 e. The molecular weight excluding hydrogens is 282 g/mol. The van der Waals surface area contributed by atoms with Gasteiger partial charge in [-0.05, 0) is 31.0 Å². The van der Waals surface area contributed by atoms with Crippen molar-refractivity contribution < 1.29 is 23.1 Å². The second kappa shape index (κ2) is 7.14. The summed E-state index contributed by atoms with van der Waals surface area (Å²) in [6.07, 6.45) is 0.495. The molecule has 0 amide bonds. The number of aryl methyl sites for hydroxylation is 1. The fraction of sp³-hybridized carbons (Fsp3) is 0.462. The quantitative estimate of drug-likeness (QED) is 0.590. The number of phenols is 1. The first-order valence-corrected chi connectivity index (χ1v) is 8.01. The van der Waals surface area contributed by atoms with Gasteiger partial charge in [-0.1, -0.05) is 13.0 Å². The van der Waals surface area contributed by atoms with Crippen LogP contribution in [0.15, 0.2) is 18.2 Å². The molecule has 112 valence electrons. The molecule has 1 aromatic rings. The second-order valence-electron chi connectivity index (χ2n) is 4.18. The topological polar surface area (TPSA) is 92.7 Å². The van der Waals surface area contributed by atoms with E-state index in [2.05, 4.69) is 9.46 Å². The standard InChI is InChI=1S/C13H19NO5S/c1-3-10-5-6-12(15)11(9-10)14-20(17,18)8-7-13(16)19-4-2/h5-6,9,14-15H,3-4,7-8H2,1-2H3. The van der Waals surface area contributed by atoms with Crippen LogP contribution in [-0.2, 0) is 26.0 Å². The van der Waals surface area contributed by atoms with Gasteiger partial charge in [0.25, 0.3) is 0 Å². The predicted molar refractivity (Wildman–Crippen MR) is 76.1 cm³/mol.